The SMILES string of the molecule is COc1cc(/C=C2\SC(=Nc3ccc(N4CCOCC4)cc3)N(C)C2=O)ccc1OCc1ccccc1F. The number of carbonyl (C=O) groups excluding carboxylic acids is 1. The number of halogens is 1. The van der Waals surface area contributed by atoms with E-state index in [1.54, 1.807) is 55.5 Å². The number of hydrogen-bond donors (Lipinski definition) is 0. The fourth-order valence-electron chi connectivity index (χ4n) is 4.14. The van der Waals surface area contributed by atoms with Gasteiger partial charge in [-0.3, -0.25) is 9.69 Å². The van der Waals surface area contributed by atoms with Crippen molar-refractivity contribution in [2.24, 2.45) is 4.99 Å². The van der Waals surface area contributed by atoms with E-state index in [1.807, 2.05) is 30.3 Å². The number of carbonyl (C=O) groups is 1. The number of amides is 1. The molecular formula is C29H28FN3O4S. The third kappa shape index (κ3) is 5.84. The van der Waals surface area contributed by atoms with Gasteiger partial charge < -0.3 is 19.1 Å². The molecule has 0 saturated carbocycles. The van der Waals surface area contributed by atoms with Gasteiger partial charge in [-0.15, -0.1) is 0 Å². The molecule has 196 valence electrons. The standard InChI is InChI=1S/C29H28FN3O4S/c1-32-28(34)27(38-29(32)31-22-8-10-23(11-9-22)33-13-15-36-16-14-33)18-20-7-12-25(26(17-20)35-2)37-19-21-5-3-4-6-24(21)30/h3-12,17-18H,13-16,19H2,1-2H3/b27-18-,31-29?. The molecule has 0 atom stereocenters. The second-order valence-corrected chi connectivity index (χ2v) is 9.78. The molecular weight excluding hydrogens is 505 g/mol. The van der Waals surface area contributed by atoms with Crippen molar-refractivity contribution in [3.05, 3.63) is 88.6 Å². The molecule has 2 saturated heterocycles. The van der Waals surface area contributed by atoms with Crippen LogP contribution in [0.1, 0.15) is 11.1 Å². The molecule has 2 aliphatic rings. The molecule has 5 rings (SSSR count). The zero-order valence-corrected chi connectivity index (χ0v) is 22.0. The predicted molar refractivity (Wildman–Crippen MR) is 149 cm³/mol. The minimum atomic E-state index is -0.320. The van der Waals surface area contributed by atoms with Gasteiger partial charge in [0.1, 0.15) is 12.4 Å². The number of aliphatic imine (C=N–C) groups is 1. The highest BCUT2D eigenvalue weighted by Gasteiger charge is 2.30. The summed E-state index contributed by atoms with van der Waals surface area (Å²) < 4.78 is 30.6. The highest BCUT2D eigenvalue weighted by atomic mass is 32.2. The fraction of sp³-hybridized carbons (Fsp3) is 0.241. The van der Waals surface area contributed by atoms with Crippen molar-refractivity contribution in [1.29, 1.82) is 0 Å². The second kappa shape index (κ2) is 11.7. The Morgan fingerprint density at radius 1 is 1.05 bits per heavy atom. The van der Waals surface area contributed by atoms with Crippen LogP contribution in [0.3, 0.4) is 0 Å². The molecule has 2 heterocycles. The van der Waals surface area contributed by atoms with Crippen LogP contribution in [0.5, 0.6) is 11.5 Å². The molecule has 0 aromatic heterocycles. The maximum absolute atomic E-state index is 13.9. The van der Waals surface area contributed by atoms with E-state index in [9.17, 15) is 9.18 Å². The minimum absolute atomic E-state index is 0.0792. The van der Waals surface area contributed by atoms with E-state index in [0.29, 0.717) is 27.1 Å². The van der Waals surface area contributed by atoms with Crippen LogP contribution in [0.25, 0.3) is 6.08 Å². The van der Waals surface area contributed by atoms with Crippen LogP contribution in [0.2, 0.25) is 0 Å². The van der Waals surface area contributed by atoms with Gasteiger partial charge in [0.25, 0.3) is 5.91 Å². The normalized spacial score (nSPS) is 17.9. The third-order valence-electron chi connectivity index (χ3n) is 6.28. The molecule has 3 aromatic carbocycles. The van der Waals surface area contributed by atoms with E-state index in [-0.39, 0.29) is 18.3 Å². The van der Waals surface area contributed by atoms with Crippen molar-refractivity contribution in [3.63, 3.8) is 0 Å². The zero-order chi connectivity index (χ0) is 26.5. The molecule has 0 aliphatic carbocycles. The Kier molecular flexibility index (Phi) is 7.95. The van der Waals surface area contributed by atoms with Crippen LogP contribution >= 0.6 is 11.8 Å². The number of anilines is 1. The lowest BCUT2D eigenvalue weighted by Gasteiger charge is -2.28. The van der Waals surface area contributed by atoms with Crippen LogP contribution in [0.4, 0.5) is 15.8 Å². The Balaban J connectivity index is 1.29. The number of amidine groups is 1. The highest BCUT2D eigenvalue weighted by molar-refractivity contribution is 8.18. The van der Waals surface area contributed by atoms with Gasteiger partial charge in [0.2, 0.25) is 0 Å². The monoisotopic (exact) mass is 533 g/mol. The summed E-state index contributed by atoms with van der Waals surface area (Å²) in [7, 11) is 3.26. The average Bonchev–Trinajstić information content (AvgIpc) is 3.21. The Morgan fingerprint density at radius 2 is 1.82 bits per heavy atom. The summed E-state index contributed by atoms with van der Waals surface area (Å²) in [4.78, 5) is 22.0. The van der Waals surface area contributed by atoms with E-state index >= 15 is 0 Å². The van der Waals surface area contributed by atoms with E-state index in [0.717, 1.165) is 43.2 Å². The lowest BCUT2D eigenvalue weighted by atomic mass is 10.1. The van der Waals surface area contributed by atoms with Crippen LogP contribution < -0.4 is 14.4 Å². The molecule has 1 amide bonds. The van der Waals surface area contributed by atoms with E-state index in [1.165, 1.54) is 17.8 Å². The van der Waals surface area contributed by atoms with Gasteiger partial charge in [0, 0.05) is 31.4 Å². The first-order chi connectivity index (χ1) is 18.5. The fourth-order valence-corrected chi connectivity index (χ4v) is 5.12. The first-order valence-electron chi connectivity index (χ1n) is 12.2. The molecule has 38 heavy (non-hydrogen) atoms. The smallest absolute Gasteiger partial charge is 0.266 e. The van der Waals surface area contributed by atoms with E-state index in [2.05, 4.69) is 4.90 Å². The summed E-state index contributed by atoms with van der Waals surface area (Å²) in [5.41, 5.74) is 3.15. The first-order valence-corrected chi connectivity index (χ1v) is 13.1. The summed E-state index contributed by atoms with van der Waals surface area (Å²) in [5.74, 6) is 0.536. The van der Waals surface area contributed by atoms with Gasteiger partial charge in [-0.05, 0) is 65.9 Å². The molecule has 0 radical (unpaired) electrons. The van der Waals surface area contributed by atoms with Crippen molar-refractivity contribution in [1.82, 2.24) is 4.90 Å². The molecule has 2 aliphatic heterocycles. The van der Waals surface area contributed by atoms with Gasteiger partial charge in [-0.2, -0.15) is 0 Å². The van der Waals surface area contributed by atoms with Crippen molar-refractivity contribution in [2.45, 2.75) is 6.61 Å². The lowest BCUT2D eigenvalue weighted by Crippen LogP contribution is -2.36. The first kappa shape index (κ1) is 25.8. The number of morpholine rings is 1. The maximum atomic E-state index is 13.9. The summed E-state index contributed by atoms with van der Waals surface area (Å²) in [6.45, 7) is 3.29. The van der Waals surface area contributed by atoms with Gasteiger partial charge in [0.05, 0.1) is 30.9 Å². The second-order valence-electron chi connectivity index (χ2n) is 8.78. The Bertz CT molecular complexity index is 1370. The molecule has 0 spiro atoms. The minimum Gasteiger partial charge on any atom is -0.493 e. The summed E-state index contributed by atoms with van der Waals surface area (Å²) >= 11 is 1.32. The number of likely N-dealkylation sites (N-methyl/N-ethyl adjacent to an activating group) is 1. The van der Waals surface area contributed by atoms with E-state index < -0.39 is 0 Å². The Labute approximate surface area is 225 Å². The maximum Gasteiger partial charge on any atom is 0.266 e. The zero-order valence-electron chi connectivity index (χ0n) is 21.2. The van der Waals surface area contributed by atoms with Crippen LogP contribution in [-0.4, -0.2) is 56.4 Å². The molecule has 2 fully saturated rings. The summed E-state index contributed by atoms with van der Waals surface area (Å²) in [6.07, 6.45) is 1.80. The van der Waals surface area contributed by atoms with Crippen LogP contribution in [-0.2, 0) is 16.1 Å². The quantitative estimate of drug-likeness (QED) is 0.375. The van der Waals surface area contributed by atoms with Crippen LogP contribution in [0, 0.1) is 5.82 Å². The highest BCUT2D eigenvalue weighted by Crippen LogP contribution is 2.35. The summed E-state index contributed by atoms with van der Waals surface area (Å²) in [5, 5.41) is 0.608. The number of rotatable bonds is 7. The number of thioether (sulfide) groups is 1. The van der Waals surface area contributed by atoms with Crippen molar-refractivity contribution >= 4 is 40.3 Å². The third-order valence-corrected chi connectivity index (χ3v) is 7.34. The van der Waals surface area contributed by atoms with Crippen molar-refractivity contribution in [3.8, 4) is 11.5 Å². The molecule has 3 aromatic rings. The number of ether oxygens (including phenoxy) is 3. The topological polar surface area (TPSA) is 63.6 Å². The van der Waals surface area contributed by atoms with Crippen LogP contribution in [0.15, 0.2) is 76.6 Å². The lowest BCUT2D eigenvalue weighted by molar-refractivity contribution is -0.121. The van der Waals surface area contributed by atoms with Gasteiger partial charge in [-0.25, -0.2) is 9.38 Å². The Hall–Kier alpha value is -3.82. The average molecular weight is 534 g/mol. The Morgan fingerprint density at radius 3 is 2.55 bits per heavy atom. The van der Waals surface area contributed by atoms with Crippen molar-refractivity contribution < 1.29 is 23.4 Å². The number of nitrogens with zero attached hydrogens (tertiary/aromatic N) is 3. The number of methoxy groups -OCH3 is 1. The van der Waals surface area contributed by atoms with Gasteiger partial charge >= 0.3 is 0 Å². The van der Waals surface area contributed by atoms with Gasteiger partial charge in [0.15, 0.2) is 16.7 Å². The van der Waals surface area contributed by atoms with E-state index in [4.69, 9.17) is 19.2 Å². The molecule has 7 nitrogen and oxygen atoms in total. The predicted octanol–water partition coefficient (Wildman–Crippen LogP) is 5.48. The molecule has 0 bridgehead atoms. The molecule has 9 heteroatoms. The molecule has 0 unspecified atom stereocenters. The van der Waals surface area contributed by atoms with Crippen molar-refractivity contribution in [2.75, 3.05) is 45.4 Å². The number of hydrogen-bond acceptors (Lipinski definition) is 7. The largest absolute Gasteiger partial charge is 0.493 e. The summed E-state index contributed by atoms with van der Waals surface area (Å²) in [6, 6.07) is 19.9. The molecule has 0 N–H and O–H groups in total. The van der Waals surface area contributed by atoms with Gasteiger partial charge in [-0.1, -0.05) is 24.3 Å². The number of benzene rings is 3.